The number of anilines is 1. The summed E-state index contributed by atoms with van der Waals surface area (Å²) in [5, 5.41) is 3.01. The summed E-state index contributed by atoms with van der Waals surface area (Å²) in [6, 6.07) is 28.9. The van der Waals surface area contributed by atoms with Gasteiger partial charge in [-0.3, -0.25) is 13.9 Å². The normalized spacial score (nSPS) is 12.3. The summed E-state index contributed by atoms with van der Waals surface area (Å²) < 4.78 is 42.7. The maximum atomic E-state index is 14.4. The smallest absolute Gasteiger partial charge is 0.264 e. The SMILES string of the molecule is Cc1ccc(N(CC(=O)N(Cc2ccccc2)[C@H](Cc2ccccc2)C(=O)NC(C)(C)C)S(=O)(=O)c2ccc(F)cc2)cc1. The molecule has 0 aliphatic heterocycles. The lowest BCUT2D eigenvalue weighted by Crippen LogP contribution is -2.56. The van der Waals surface area contributed by atoms with Crippen molar-refractivity contribution in [3.8, 4) is 0 Å². The van der Waals surface area contributed by atoms with Crippen molar-refractivity contribution in [1.82, 2.24) is 10.2 Å². The van der Waals surface area contributed by atoms with Crippen LogP contribution in [0.2, 0.25) is 0 Å². The summed E-state index contributed by atoms with van der Waals surface area (Å²) in [5.74, 6) is -1.50. The molecule has 44 heavy (non-hydrogen) atoms. The molecule has 0 unspecified atom stereocenters. The molecule has 0 heterocycles. The standard InChI is InChI=1S/C35H38FN3O4S/c1-26-15-19-30(20-16-26)39(44(42,43)31-21-17-29(36)18-22-31)25-33(40)38(24-28-13-9-6-10-14-28)32(34(41)37-35(2,3)4)23-27-11-7-5-8-12-27/h5-22,32H,23-25H2,1-4H3,(H,37,41)/t32-/m1/s1. The molecule has 0 bridgehead atoms. The van der Waals surface area contributed by atoms with E-state index in [2.05, 4.69) is 5.32 Å². The van der Waals surface area contributed by atoms with Gasteiger partial charge in [0.15, 0.2) is 0 Å². The minimum atomic E-state index is -4.30. The van der Waals surface area contributed by atoms with E-state index >= 15 is 0 Å². The fourth-order valence-electron chi connectivity index (χ4n) is 4.76. The van der Waals surface area contributed by atoms with Gasteiger partial charge in [0, 0.05) is 18.5 Å². The number of aryl methyl sites for hydroxylation is 1. The third-order valence-electron chi connectivity index (χ3n) is 6.97. The van der Waals surface area contributed by atoms with E-state index < -0.39 is 39.9 Å². The molecule has 0 aromatic heterocycles. The van der Waals surface area contributed by atoms with Gasteiger partial charge in [0.05, 0.1) is 10.6 Å². The number of hydrogen-bond donors (Lipinski definition) is 1. The highest BCUT2D eigenvalue weighted by molar-refractivity contribution is 7.92. The number of sulfonamides is 1. The molecule has 0 aliphatic carbocycles. The third-order valence-corrected chi connectivity index (χ3v) is 8.76. The molecular formula is C35H38FN3O4S. The van der Waals surface area contributed by atoms with Crippen molar-refractivity contribution >= 4 is 27.5 Å². The van der Waals surface area contributed by atoms with Gasteiger partial charge < -0.3 is 10.2 Å². The number of halogens is 1. The van der Waals surface area contributed by atoms with Crippen LogP contribution in [0.5, 0.6) is 0 Å². The van der Waals surface area contributed by atoms with E-state index in [-0.39, 0.29) is 29.5 Å². The Hall–Kier alpha value is -4.50. The fraction of sp³-hybridized carbons (Fsp3) is 0.257. The van der Waals surface area contributed by atoms with E-state index in [9.17, 15) is 22.4 Å². The Bertz CT molecular complexity index is 1660. The van der Waals surface area contributed by atoms with Crippen LogP contribution < -0.4 is 9.62 Å². The van der Waals surface area contributed by atoms with Crippen LogP contribution in [-0.4, -0.2) is 43.3 Å². The molecule has 7 nitrogen and oxygen atoms in total. The highest BCUT2D eigenvalue weighted by Gasteiger charge is 2.35. The van der Waals surface area contributed by atoms with Crippen LogP contribution in [0.25, 0.3) is 0 Å². The quantitative estimate of drug-likeness (QED) is 0.228. The molecule has 1 atom stereocenters. The number of carbonyl (C=O) groups is 2. The summed E-state index contributed by atoms with van der Waals surface area (Å²) in [5.41, 5.74) is 2.23. The van der Waals surface area contributed by atoms with Crippen molar-refractivity contribution in [2.45, 2.75) is 57.1 Å². The molecule has 4 aromatic carbocycles. The minimum Gasteiger partial charge on any atom is -0.350 e. The zero-order valence-corrected chi connectivity index (χ0v) is 26.2. The first-order valence-electron chi connectivity index (χ1n) is 14.4. The second-order valence-corrected chi connectivity index (χ2v) is 13.6. The lowest BCUT2D eigenvalue weighted by Gasteiger charge is -2.35. The Balaban J connectivity index is 1.80. The number of hydrogen-bond acceptors (Lipinski definition) is 4. The molecule has 0 aliphatic rings. The molecule has 0 saturated carbocycles. The lowest BCUT2D eigenvalue weighted by molar-refractivity contribution is -0.140. The monoisotopic (exact) mass is 615 g/mol. The van der Waals surface area contributed by atoms with Crippen LogP contribution in [-0.2, 0) is 32.6 Å². The molecule has 230 valence electrons. The van der Waals surface area contributed by atoms with Gasteiger partial charge in [0.25, 0.3) is 10.0 Å². The number of nitrogens with zero attached hydrogens (tertiary/aromatic N) is 2. The van der Waals surface area contributed by atoms with Crippen LogP contribution >= 0.6 is 0 Å². The Labute approximate surface area is 259 Å². The number of amides is 2. The number of benzene rings is 4. The maximum Gasteiger partial charge on any atom is 0.264 e. The topological polar surface area (TPSA) is 86.8 Å². The Morgan fingerprint density at radius 2 is 1.34 bits per heavy atom. The molecule has 9 heteroatoms. The third kappa shape index (κ3) is 8.54. The second kappa shape index (κ2) is 13.9. The van der Waals surface area contributed by atoms with Crippen LogP contribution in [0.15, 0.2) is 114 Å². The largest absolute Gasteiger partial charge is 0.350 e. The molecule has 1 N–H and O–H groups in total. The van der Waals surface area contributed by atoms with Gasteiger partial charge in [0.2, 0.25) is 11.8 Å². The molecule has 0 saturated heterocycles. The van der Waals surface area contributed by atoms with Crippen molar-refractivity contribution < 1.29 is 22.4 Å². The second-order valence-electron chi connectivity index (χ2n) is 11.8. The minimum absolute atomic E-state index is 0.0765. The van der Waals surface area contributed by atoms with Crippen LogP contribution in [0, 0.1) is 12.7 Å². The van der Waals surface area contributed by atoms with E-state index in [0.29, 0.717) is 0 Å². The molecule has 0 spiro atoms. The number of nitrogens with one attached hydrogen (secondary N) is 1. The maximum absolute atomic E-state index is 14.4. The first kappa shape index (κ1) is 32.4. The fourth-order valence-corrected chi connectivity index (χ4v) is 6.17. The number of rotatable bonds is 11. The van der Waals surface area contributed by atoms with Gasteiger partial charge in [-0.15, -0.1) is 0 Å². The number of carbonyl (C=O) groups excluding carboxylic acids is 2. The molecule has 0 fully saturated rings. The zero-order chi connectivity index (χ0) is 31.9. The van der Waals surface area contributed by atoms with Crippen LogP contribution in [0.4, 0.5) is 10.1 Å². The van der Waals surface area contributed by atoms with Gasteiger partial charge in [0.1, 0.15) is 18.4 Å². The average Bonchev–Trinajstić information content (AvgIpc) is 2.98. The first-order valence-corrected chi connectivity index (χ1v) is 15.8. The van der Waals surface area contributed by atoms with Gasteiger partial charge >= 0.3 is 0 Å². The zero-order valence-electron chi connectivity index (χ0n) is 25.4. The summed E-state index contributed by atoms with van der Waals surface area (Å²) in [7, 11) is -4.30. The molecular weight excluding hydrogens is 577 g/mol. The van der Waals surface area contributed by atoms with E-state index in [0.717, 1.165) is 33.1 Å². The summed E-state index contributed by atoms with van der Waals surface area (Å²) >= 11 is 0. The van der Waals surface area contributed by atoms with Crippen molar-refractivity contribution in [2.24, 2.45) is 0 Å². The van der Waals surface area contributed by atoms with Crippen molar-refractivity contribution in [1.29, 1.82) is 0 Å². The van der Waals surface area contributed by atoms with E-state index in [1.807, 2.05) is 88.4 Å². The van der Waals surface area contributed by atoms with E-state index in [1.165, 1.54) is 17.0 Å². The van der Waals surface area contributed by atoms with Gasteiger partial charge in [-0.05, 0) is 75.2 Å². The predicted molar refractivity (Wildman–Crippen MR) is 171 cm³/mol. The average molecular weight is 616 g/mol. The van der Waals surface area contributed by atoms with Crippen LogP contribution in [0.3, 0.4) is 0 Å². The Morgan fingerprint density at radius 3 is 1.89 bits per heavy atom. The highest BCUT2D eigenvalue weighted by atomic mass is 32.2. The molecule has 4 aromatic rings. The lowest BCUT2D eigenvalue weighted by atomic mass is 10.0. The summed E-state index contributed by atoms with van der Waals surface area (Å²) in [6.07, 6.45) is 0.219. The van der Waals surface area contributed by atoms with Crippen molar-refractivity contribution in [3.63, 3.8) is 0 Å². The highest BCUT2D eigenvalue weighted by Crippen LogP contribution is 2.26. The van der Waals surface area contributed by atoms with Crippen LogP contribution in [0.1, 0.15) is 37.5 Å². The molecule has 2 amide bonds. The Morgan fingerprint density at radius 1 is 0.795 bits per heavy atom. The predicted octanol–water partition coefficient (Wildman–Crippen LogP) is 5.88. The van der Waals surface area contributed by atoms with Gasteiger partial charge in [-0.25, -0.2) is 12.8 Å². The molecule has 4 rings (SSSR count). The molecule has 0 radical (unpaired) electrons. The van der Waals surface area contributed by atoms with Gasteiger partial charge in [-0.2, -0.15) is 0 Å². The summed E-state index contributed by atoms with van der Waals surface area (Å²) in [4.78, 5) is 29.6. The van der Waals surface area contributed by atoms with Crippen molar-refractivity contribution in [2.75, 3.05) is 10.8 Å². The van der Waals surface area contributed by atoms with E-state index in [1.54, 1.807) is 24.3 Å². The van der Waals surface area contributed by atoms with E-state index in [4.69, 9.17) is 0 Å². The summed E-state index contributed by atoms with van der Waals surface area (Å²) in [6.45, 7) is 6.96. The van der Waals surface area contributed by atoms with Crippen molar-refractivity contribution in [3.05, 3.63) is 132 Å². The Kier molecular flexibility index (Phi) is 10.2. The van der Waals surface area contributed by atoms with Gasteiger partial charge in [-0.1, -0.05) is 78.4 Å². The first-order chi connectivity index (χ1) is 20.8.